The van der Waals surface area contributed by atoms with Gasteiger partial charge in [0.15, 0.2) is 0 Å². The molecule has 2 unspecified atom stereocenters. The first kappa shape index (κ1) is 19.1. The third kappa shape index (κ3) is 3.58. The maximum Gasteiger partial charge on any atom is 0.243 e. The number of aryl methyl sites for hydroxylation is 1. The molecule has 2 atom stereocenters. The lowest BCUT2D eigenvalue weighted by molar-refractivity contribution is 0.143. The molecule has 3 nitrogen and oxygen atoms in total. The predicted molar refractivity (Wildman–Crippen MR) is 107 cm³/mol. The van der Waals surface area contributed by atoms with Crippen LogP contribution in [0.4, 0.5) is 0 Å². The summed E-state index contributed by atoms with van der Waals surface area (Å²) in [5.74, 6) is 0.521. The summed E-state index contributed by atoms with van der Waals surface area (Å²) in [6, 6.07) is 17.4. The van der Waals surface area contributed by atoms with Crippen LogP contribution in [0, 0.1) is 12.8 Å². The summed E-state index contributed by atoms with van der Waals surface area (Å²) in [5.41, 5.74) is 1.99. The molecule has 0 amide bonds. The van der Waals surface area contributed by atoms with E-state index in [0.717, 1.165) is 18.4 Å². The normalized spacial score (nSPS) is 22.3. The van der Waals surface area contributed by atoms with Crippen LogP contribution in [0.5, 0.6) is 0 Å². The lowest BCUT2D eigenvalue weighted by Gasteiger charge is -2.46. The van der Waals surface area contributed by atoms with Crippen LogP contribution in [-0.4, -0.2) is 25.3 Å². The van der Waals surface area contributed by atoms with Crippen LogP contribution in [-0.2, 0) is 15.4 Å². The Labute approximate surface area is 158 Å². The minimum absolute atomic E-state index is 0.0556. The molecule has 1 saturated heterocycles. The second-order valence-electron chi connectivity index (χ2n) is 8.16. The molecule has 2 aromatic rings. The molecule has 0 aliphatic carbocycles. The molecule has 4 heteroatoms. The van der Waals surface area contributed by atoms with Crippen molar-refractivity contribution in [1.82, 2.24) is 4.31 Å². The summed E-state index contributed by atoms with van der Waals surface area (Å²) < 4.78 is 28.6. The molecule has 1 fully saturated rings. The van der Waals surface area contributed by atoms with Crippen molar-refractivity contribution in [2.24, 2.45) is 5.92 Å². The molecule has 0 bridgehead atoms. The number of hydrogen-bond donors (Lipinski definition) is 0. The average molecular weight is 372 g/mol. The number of rotatable bonds is 4. The van der Waals surface area contributed by atoms with Crippen LogP contribution in [0.3, 0.4) is 0 Å². The third-order valence-corrected chi connectivity index (χ3v) is 7.72. The van der Waals surface area contributed by atoms with Crippen molar-refractivity contribution in [1.29, 1.82) is 0 Å². The van der Waals surface area contributed by atoms with Crippen molar-refractivity contribution < 1.29 is 8.42 Å². The molecule has 0 N–H and O–H groups in total. The predicted octanol–water partition coefficient (Wildman–Crippen LogP) is 4.76. The average Bonchev–Trinajstić information content (AvgIpc) is 2.62. The van der Waals surface area contributed by atoms with Gasteiger partial charge >= 0.3 is 0 Å². The molecule has 1 aliphatic rings. The molecule has 0 radical (unpaired) electrons. The SMILES string of the molecule is Cc1ccc(S(=O)(=O)N2CCC(C)CC2C(C)(C)c2ccccc2)cc1. The Morgan fingerprint density at radius 1 is 1.00 bits per heavy atom. The zero-order chi connectivity index (χ0) is 18.9. The van der Waals surface area contributed by atoms with Gasteiger partial charge in [0.1, 0.15) is 0 Å². The van der Waals surface area contributed by atoms with Crippen molar-refractivity contribution in [2.45, 2.75) is 56.9 Å². The maximum absolute atomic E-state index is 13.4. The standard InChI is InChI=1S/C22H29NO2S/c1-17-10-12-20(13-11-17)26(24,25)23-15-14-18(2)16-21(23)22(3,4)19-8-6-5-7-9-19/h5-13,18,21H,14-16H2,1-4H3. The Morgan fingerprint density at radius 3 is 2.23 bits per heavy atom. The van der Waals surface area contributed by atoms with Crippen molar-refractivity contribution in [3.63, 3.8) is 0 Å². The Bertz CT molecular complexity index is 841. The van der Waals surface area contributed by atoms with E-state index >= 15 is 0 Å². The first-order valence-corrected chi connectivity index (χ1v) is 10.8. The lowest BCUT2D eigenvalue weighted by atomic mass is 9.73. The minimum Gasteiger partial charge on any atom is -0.207 e. The molecule has 1 heterocycles. The van der Waals surface area contributed by atoms with Crippen molar-refractivity contribution in [2.75, 3.05) is 6.54 Å². The molecule has 0 saturated carbocycles. The zero-order valence-electron chi connectivity index (χ0n) is 16.1. The topological polar surface area (TPSA) is 37.4 Å². The molecule has 26 heavy (non-hydrogen) atoms. The van der Waals surface area contributed by atoms with E-state index in [9.17, 15) is 8.42 Å². The number of piperidine rings is 1. The largest absolute Gasteiger partial charge is 0.243 e. The molecule has 0 spiro atoms. The molecule has 140 valence electrons. The van der Waals surface area contributed by atoms with Crippen LogP contribution < -0.4 is 0 Å². The highest BCUT2D eigenvalue weighted by Crippen LogP contribution is 2.40. The second-order valence-corrected chi connectivity index (χ2v) is 10.1. The molecule has 1 aliphatic heterocycles. The fourth-order valence-corrected chi connectivity index (χ4v) is 5.75. The highest BCUT2D eigenvalue weighted by Gasteiger charge is 2.44. The molecule has 3 rings (SSSR count). The van der Waals surface area contributed by atoms with E-state index in [4.69, 9.17) is 0 Å². The van der Waals surface area contributed by atoms with Crippen molar-refractivity contribution >= 4 is 10.0 Å². The maximum atomic E-state index is 13.4. The van der Waals surface area contributed by atoms with Crippen LogP contribution in [0.1, 0.15) is 44.7 Å². The van der Waals surface area contributed by atoms with Crippen molar-refractivity contribution in [3.8, 4) is 0 Å². The molecule has 2 aromatic carbocycles. The van der Waals surface area contributed by atoms with Crippen LogP contribution >= 0.6 is 0 Å². The van der Waals surface area contributed by atoms with E-state index in [1.807, 2.05) is 37.3 Å². The number of sulfonamides is 1. The summed E-state index contributed by atoms with van der Waals surface area (Å²) >= 11 is 0. The summed E-state index contributed by atoms with van der Waals surface area (Å²) in [6.07, 6.45) is 1.79. The smallest absolute Gasteiger partial charge is 0.207 e. The van der Waals surface area contributed by atoms with E-state index in [0.29, 0.717) is 17.4 Å². The first-order valence-electron chi connectivity index (χ1n) is 9.37. The van der Waals surface area contributed by atoms with Gasteiger partial charge in [-0.05, 0) is 43.4 Å². The van der Waals surface area contributed by atoms with Gasteiger partial charge in [-0.1, -0.05) is 68.8 Å². The van der Waals surface area contributed by atoms with Crippen LogP contribution in [0.2, 0.25) is 0 Å². The number of benzene rings is 2. The van der Waals surface area contributed by atoms with Gasteiger partial charge in [0.05, 0.1) is 4.90 Å². The van der Waals surface area contributed by atoms with Crippen LogP contribution in [0.15, 0.2) is 59.5 Å². The Balaban J connectivity index is 2.02. The molecule has 0 aromatic heterocycles. The highest BCUT2D eigenvalue weighted by molar-refractivity contribution is 7.89. The van der Waals surface area contributed by atoms with E-state index in [2.05, 4.69) is 32.9 Å². The van der Waals surface area contributed by atoms with Gasteiger partial charge in [0.2, 0.25) is 10.0 Å². The fourth-order valence-electron chi connectivity index (χ4n) is 3.97. The Kier molecular flexibility index (Phi) is 5.27. The minimum atomic E-state index is -3.51. The molecular formula is C22H29NO2S. The summed E-state index contributed by atoms with van der Waals surface area (Å²) in [4.78, 5) is 0.395. The van der Waals surface area contributed by atoms with Gasteiger partial charge in [0, 0.05) is 18.0 Å². The van der Waals surface area contributed by atoms with E-state index in [1.165, 1.54) is 5.56 Å². The monoisotopic (exact) mass is 371 g/mol. The quantitative estimate of drug-likeness (QED) is 0.777. The Morgan fingerprint density at radius 2 is 1.62 bits per heavy atom. The summed E-state index contributed by atoms with van der Waals surface area (Å²) in [7, 11) is -3.51. The third-order valence-electron chi connectivity index (χ3n) is 5.79. The zero-order valence-corrected chi connectivity index (χ0v) is 17.0. The van der Waals surface area contributed by atoms with E-state index in [1.54, 1.807) is 16.4 Å². The van der Waals surface area contributed by atoms with Gasteiger partial charge in [-0.15, -0.1) is 0 Å². The van der Waals surface area contributed by atoms with Gasteiger partial charge < -0.3 is 0 Å². The van der Waals surface area contributed by atoms with Gasteiger partial charge in [-0.25, -0.2) is 8.42 Å². The summed E-state index contributed by atoms with van der Waals surface area (Å²) in [6.45, 7) is 9.12. The molecular weight excluding hydrogens is 342 g/mol. The van der Waals surface area contributed by atoms with Gasteiger partial charge in [-0.3, -0.25) is 0 Å². The Hall–Kier alpha value is -1.65. The lowest BCUT2D eigenvalue weighted by Crippen LogP contribution is -2.54. The van der Waals surface area contributed by atoms with E-state index < -0.39 is 10.0 Å². The number of nitrogens with zero attached hydrogens (tertiary/aromatic N) is 1. The van der Waals surface area contributed by atoms with Gasteiger partial charge in [0.25, 0.3) is 0 Å². The van der Waals surface area contributed by atoms with Gasteiger partial charge in [-0.2, -0.15) is 4.31 Å². The second kappa shape index (κ2) is 7.16. The first-order chi connectivity index (χ1) is 12.2. The van der Waals surface area contributed by atoms with Crippen molar-refractivity contribution in [3.05, 3.63) is 65.7 Å². The van der Waals surface area contributed by atoms with Crippen LogP contribution in [0.25, 0.3) is 0 Å². The summed E-state index contributed by atoms with van der Waals surface area (Å²) in [5, 5.41) is 0. The highest BCUT2D eigenvalue weighted by atomic mass is 32.2. The number of hydrogen-bond acceptors (Lipinski definition) is 2. The van der Waals surface area contributed by atoms with E-state index in [-0.39, 0.29) is 11.5 Å². The fraction of sp³-hybridized carbons (Fsp3) is 0.455.